The van der Waals surface area contributed by atoms with Crippen molar-refractivity contribution in [3.8, 4) is 0 Å². The van der Waals surface area contributed by atoms with Gasteiger partial charge in [-0.15, -0.1) is 0 Å². The molecule has 1 aliphatic rings. The second-order valence-electron chi connectivity index (χ2n) is 2.52. The van der Waals surface area contributed by atoms with Gasteiger partial charge in [-0.05, 0) is 18.2 Å². The molecule has 0 aliphatic carbocycles. The minimum absolute atomic E-state index is 0.663. The van der Waals surface area contributed by atoms with E-state index in [1.54, 1.807) is 12.5 Å². The van der Waals surface area contributed by atoms with Gasteiger partial charge in [0.05, 0.1) is 12.0 Å². The molecule has 2 heterocycles. The zero-order chi connectivity index (χ0) is 8.23. The van der Waals surface area contributed by atoms with E-state index in [-0.39, 0.29) is 0 Å². The number of aromatic nitrogens is 1. The molecule has 0 aromatic carbocycles. The van der Waals surface area contributed by atoms with E-state index < -0.39 is 0 Å². The number of ether oxygens (including phenoxy) is 1. The smallest absolute Gasteiger partial charge is 0.106 e. The zero-order valence-electron chi connectivity index (χ0n) is 6.60. The number of hydrogen-bond acceptors (Lipinski definition) is 2. The van der Waals surface area contributed by atoms with Crippen LogP contribution in [0.5, 0.6) is 0 Å². The summed E-state index contributed by atoms with van der Waals surface area (Å²) in [5.41, 5.74) is 1.98. The summed E-state index contributed by atoms with van der Waals surface area (Å²) in [6.45, 7) is 0.663. The Morgan fingerprint density at radius 2 is 2.33 bits per heavy atom. The molecule has 1 aromatic rings. The maximum absolute atomic E-state index is 5.15. The normalized spacial score (nSPS) is 15.2. The molecule has 1 aliphatic heterocycles. The van der Waals surface area contributed by atoms with E-state index in [2.05, 4.69) is 4.98 Å². The third-order valence-electron chi connectivity index (χ3n) is 1.66. The van der Waals surface area contributed by atoms with Gasteiger partial charge in [0.15, 0.2) is 0 Å². The standard InChI is InChI=1S/C10H9NO/c1-2-6-11-10(5-1)9-4-3-7-12-8-9/h1-6,8H,7H2. The van der Waals surface area contributed by atoms with Crippen LogP contribution in [0.1, 0.15) is 5.69 Å². The predicted molar refractivity (Wildman–Crippen MR) is 47.3 cm³/mol. The lowest BCUT2D eigenvalue weighted by molar-refractivity contribution is 0.288. The monoisotopic (exact) mass is 159 g/mol. The lowest BCUT2D eigenvalue weighted by atomic mass is 10.1. The first-order valence-corrected chi connectivity index (χ1v) is 3.86. The molecule has 0 radical (unpaired) electrons. The lowest BCUT2D eigenvalue weighted by Gasteiger charge is -2.06. The molecule has 0 spiro atoms. The third kappa shape index (κ3) is 1.37. The summed E-state index contributed by atoms with van der Waals surface area (Å²) >= 11 is 0. The first-order valence-electron chi connectivity index (χ1n) is 3.86. The van der Waals surface area contributed by atoms with Gasteiger partial charge in [0.25, 0.3) is 0 Å². The van der Waals surface area contributed by atoms with Gasteiger partial charge in [-0.3, -0.25) is 4.98 Å². The molecule has 2 heteroatoms. The molecule has 0 bridgehead atoms. The van der Waals surface area contributed by atoms with Crippen LogP contribution in [-0.4, -0.2) is 11.6 Å². The highest BCUT2D eigenvalue weighted by molar-refractivity contribution is 5.71. The van der Waals surface area contributed by atoms with Gasteiger partial charge in [-0.2, -0.15) is 0 Å². The Morgan fingerprint density at radius 1 is 1.33 bits per heavy atom. The van der Waals surface area contributed by atoms with Gasteiger partial charge >= 0.3 is 0 Å². The van der Waals surface area contributed by atoms with Crippen LogP contribution in [0.2, 0.25) is 0 Å². The van der Waals surface area contributed by atoms with E-state index in [1.165, 1.54) is 0 Å². The molecule has 0 fully saturated rings. The Hall–Kier alpha value is -1.57. The highest BCUT2D eigenvalue weighted by Gasteiger charge is 2.00. The molecule has 0 saturated heterocycles. The zero-order valence-corrected chi connectivity index (χ0v) is 6.60. The maximum atomic E-state index is 5.15. The van der Waals surface area contributed by atoms with Crippen LogP contribution < -0.4 is 0 Å². The first-order chi connectivity index (χ1) is 5.97. The molecule has 0 saturated carbocycles. The highest BCUT2D eigenvalue weighted by atomic mass is 16.5. The number of nitrogens with zero attached hydrogens (tertiary/aromatic N) is 1. The predicted octanol–water partition coefficient (Wildman–Crippen LogP) is 2.01. The van der Waals surface area contributed by atoms with E-state index in [0.717, 1.165) is 11.3 Å². The largest absolute Gasteiger partial charge is 0.496 e. The van der Waals surface area contributed by atoms with Crippen molar-refractivity contribution in [3.05, 3.63) is 48.5 Å². The van der Waals surface area contributed by atoms with Crippen LogP contribution in [0.15, 0.2) is 42.8 Å². The van der Waals surface area contributed by atoms with E-state index >= 15 is 0 Å². The van der Waals surface area contributed by atoms with Crippen molar-refractivity contribution in [1.29, 1.82) is 0 Å². The Labute approximate surface area is 71.2 Å². The summed E-state index contributed by atoms with van der Waals surface area (Å²) in [5, 5.41) is 0. The van der Waals surface area contributed by atoms with Crippen molar-refractivity contribution in [2.45, 2.75) is 0 Å². The molecule has 12 heavy (non-hydrogen) atoms. The molecule has 60 valence electrons. The summed E-state index contributed by atoms with van der Waals surface area (Å²) in [6, 6.07) is 5.83. The average molecular weight is 159 g/mol. The third-order valence-corrected chi connectivity index (χ3v) is 1.66. The van der Waals surface area contributed by atoms with Gasteiger partial charge in [0.2, 0.25) is 0 Å². The van der Waals surface area contributed by atoms with Crippen molar-refractivity contribution >= 4 is 5.57 Å². The summed E-state index contributed by atoms with van der Waals surface area (Å²) in [4.78, 5) is 4.20. The first kappa shape index (κ1) is 7.10. The Bertz CT molecular complexity index is 314. The molecule has 2 rings (SSSR count). The van der Waals surface area contributed by atoms with Crippen LogP contribution in [0, 0.1) is 0 Å². The SMILES string of the molecule is C1=CC(c2ccccn2)=COC1. The van der Waals surface area contributed by atoms with Gasteiger partial charge in [0.1, 0.15) is 6.61 Å². The van der Waals surface area contributed by atoms with Crippen LogP contribution in [0.4, 0.5) is 0 Å². The Kier molecular flexibility index (Phi) is 1.90. The van der Waals surface area contributed by atoms with Crippen molar-refractivity contribution in [2.75, 3.05) is 6.61 Å². The Morgan fingerprint density at radius 3 is 3.00 bits per heavy atom. The topological polar surface area (TPSA) is 22.1 Å². The molecular weight excluding hydrogens is 150 g/mol. The number of rotatable bonds is 1. The fraction of sp³-hybridized carbons (Fsp3) is 0.100. The van der Waals surface area contributed by atoms with E-state index in [4.69, 9.17) is 4.74 Å². The summed E-state index contributed by atoms with van der Waals surface area (Å²) in [7, 11) is 0. The molecule has 0 amide bonds. The fourth-order valence-corrected chi connectivity index (χ4v) is 1.09. The van der Waals surface area contributed by atoms with Crippen molar-refractivity contribution in [2.24, 2.45) is 0 Å². The van der Waals surface area contributed by atoms with Crippen molar-refractivity contribution < 1.29 is 4.74 Å². The van der Waals surface area contributed by atoms with Crippen LogP contribution in [-0.2, 0) is 4.74 Å². The summed E-state index contributed by atoms with van der Waals surface area (Å²) in [5.74, 6) is 0. The quantitative estimate of drug-likeness (QED) is 0.625. The van der Waals surface area contributed by atoms with Crippen LogP contribution in [0.25, 0.3) is 5.57 Å². The van der Waals surface area contributed by atoms with Crippen LogP contribution in [0.3, 0.4) is 0 Å². The van der Waals surface area contributed by atoms with Gasteiger partial charge in [0, 0.05) is 11.8 Å². The molecular formula is C10H9NO. The van der Waals surface area contributed by atoms with E-state index in [1.807, 2.05) is 30.4 Å². The van der Waals surface area contributed by atoms with Gasteiger partial charge in [-0.1, -0.05) is 12.1 Å². The molecule has 2 nitrogen and oxygen atoms in total. The van der Waals surface area contributed by atoms with Crippen molar-refractivity contribution in [3.63, 3.8) is 0 Å². The van der Waals surface area contributed by atoms with Gasteiger partial charge < -0.3 is 4.74 Å². The second-order valence-corrected chi connectivity index (χ2v) is 2.52. The molecule has 1 aromatic heterocycles. The lowest BCUT2D eigenvalue weighted by Crippen LogP contribution is -1.93. The van der Waals surface area contributed by atoms with E-state index in [0.29, 0.717) is 6.61 Å². The molecule has 0 unspecified atom stereocenters. The molecule has 0 N–H and O–H groups in total. The average Bonchev–Trinajstić information content (AvgIpc) is 2.21. The second kappa shape index (κ2) is 3.22. The van der Waals surface area contributed by atoms with Crippen molar-refractivity contribution in [1.82, 2.24) is 4.98 Å². The fourth-order valence-electron chi connectivity index (χ4n) is 1.09. The minimum Gasteiger partial charge on any atom is -0.496 e. The summed E-state index contributed by atoms with van der Waals surface area (Å²) in [6.07, 6.45) is 7.51. The molecule has 0 atom stereocenters. The Balaban J connectivity index is 2.31. The summed E-state index contributed by atoms with van der Waals surface area (Å²) < 4.78 is 5.15. The number of allylic oxidation sites excluding steroid dienone is 2. The van der Waals surface area contributed by atoms with Gasteiger partial charge in [-0.25, -0.2) is 0 Å². The number of pyridine rings is 1. The highest BCUT2D eigenvalue weighted by Crippen LogP contribution is 2.15. The minimum atomic E-state index is 0.663. The number of hydrogen-bond donors (Lipinski definition) is 0. The van der Waals surface area contributed by atoms with E-state index in [9.17, 15) is 0 Å². The van der Waals surface area contributed by atoms with Crippen LogP contribution >= 0.6 is 0 Å². The maximum Gasteiger partial charge on any atom is 0.106 e.